The van der Waals surface area contributed by atoms with Crippen LogP contribution in [0.25, 0.3) is 0 Å². The third-order valence-electron chi connectivity index (χ3n) is 7.35. The molecule has 2 fully saturated rings. The first-order valence-corrected chi connectivity index (χ1v) is 14.3. The summed E-state index contributed by atoms with van der Waals surface area (Å²) in [6, 6.07) is 12.5. The maximum atomic E-state index is 13.1. The zero-order valence-electron chi connectivity index (χ0n) is 22.6. The second-order valence-corrected chi connectivity index (χ2v) is 11.1. The lowest BCUT2D eigenvalue weighted by molar-refractivity contribution is -0.123. The third-order valence-corrected chi connectivity index (χ3v) is 7.54. The first-order valence-electron chi connectivity index (χ1n) is 13.9. The Labute approximate surface area is 243 Å². The average Bonchev–Trinajstić information content (AvgIpc) is 3.80. The lowest BCUT2D eigenvalue weighted by Gasteiger charge is -2.38. The number of benzene rings is 2. The van der Waals surface area contributed by atoms with Crippen molar-refractivity contribution in [2.75, 3.05) is 31.1 Å². The van der Waals surface area contributed by atoms with E-state index in [9.17, 15) is 9.59 Å². The Kier molecular flexibility index (Phi) is 8.20. The maximum absolute atomic E-state index is 13.1. The van der Waals surface area contributed by atoms with E-state index in [4.69, 9.17) is 25.8 Å². The fourth-order valence-electron chi connectivity index (χ4n) is 4.97. The highest BCUT2D eigenvalue weighted by Crippen LogP contribution is 2.32. The van der Waals surface area contributed by atoms with E-state index in [0.717, 1.165) is 18.4 Å². The molecule has 2 aliphatic heterocycles. The summed E-state index contributed by atoms with van der Waals surface area (Å²) in [6.45, 7) is 2.28. The molecule has 3 heterocycles. The Morgan fingerprint density at radius 2 is 1.90 bits per heavy atom. The van der Waals surface area contributed by atoms with Crippen LogP contribution in [0.2, 0.25) is 5.02 Å². The highest BCUT2D eigenvalue weighted by molar-refractivity contribution is 6.30. The minimum absolute atomic E-state index is 0.119. The van der Waals surface area contributed by atoms with Gasteiger partial charge in [0.25, 0.3) is 5.91 Å². The largest absolute Gasteiger partial charge is 0.493 e. The quantitative estimate of drug-likeness (QED) is 0.476. The number of hydrogen-bond acceptors (Lipinski definition) is 8. The highest BCUT2D eigenvalue weighted by Gasteiger charge is 2.32. The van der Waals surface area contributed by atoms with Crippen molar-refractivity contribution < 1.29 is 23.8 Å². The molecule has 1 aliphatic carbocycles. The number of fused-ring (bicyclic) bond motifs is 5. The van der Waals surface area contributed by atoms with E-state index in [2.05, 4.69) is 20.6 Å². The number of rotatable bonds is 4. The van der Waals surface area contributed by atoms with Crippen molar-refractivity contribution in [3.63, 3.8) is 0 Å². The smallest absolute Gasteiger partial charge is 0.251 e. The SMILES string of the molecule is O=C1CCNC(=O)c2cc(OCC3CC3)cc(c2)Oc2cccc(c2)CO[C@@H]2CCN(c3ncc(Cl)cn3)C[C@@H]2N1. The molecule has 0 unspecified atom stereocenters. The molecule has 214 valence electrons. The Morgan fingerprint density at radius 3 is 2.73 bits per heavy atom. The second-order valence-electron chi connectivity index (χ2n) is 10.7. The van der Waals surface area contributed by atoms with Gasteiger partial charge in [-0.25, -0.2) is 9.97 Å². The van der Waals surface area contributed by atoms with Crippen LogP contribution in [0.3, 0.4) is 0 Å². The van der Waals surface area contributed by atoms with Crippen molar-refractivity contribution in [1.82, 2.24) is 20.6 Å². The molecule has 6 rings (SSSR count). The molecule has 1 saturated carbocycles. The number of amides is 2. The molecule has 4 bridgehead atoms. The molecule has 41 heavy (non-hydrogen) atoms. The topological polar surface area (TPSA) is 115 Å². The van der Waals surface area contributed by atoms with Gasteiger partial charge in [0.05, 0.1) is 42.8 Å². The van der Waals surface area contributed by atoms with Crippen molar-refractivity contribution in [1.29, 1.82) is 0 Å². The summed E-state index contributed by atoms with van der Waals surface area (Å²) in [5.41, 5.74) is 1.34. The molecule has 3 aromatic rings. The van der Waals surface area contributed by atoms with Gasteiger partial charge in [-0.05, 0) is 55.0 Å². The maximum Gasteiger partial charge on any atom is 0.251 e. The number of halogens is 1. The summed E-state index contributed by atoms with van der Waals surface area (Å²) < 4.78 is 18.5. The van der Waals surface area contributed by atoms with Crippen LogP contribution in [0.1, 0.15) is 41.6 Å². The number of carbonyl (C=O) groups is 2. The molecular weight excluding hydrogens is 546 g/mol. The van der Waals surface area contributed by atoms with E-state index in [1.54, 1.807) is 30.6 Å². The number of carbonyl (C=O) groups excluding carboxylic acids is 2. The monoisotopic (exact) mass is 577 g/mol. The van der Waals surface area contributed by atoms with E-state index in [1.165, 1.54) is 0 Å². The standard InChI is InChI=1S/C30H32ClN5O5/c31-22-14-33-30(34-15-22)36-9-7-27-26(16-36)35-28(37)6-8-32-29(38)21-11-24(39-17-19-4-5-19)13-25(12-21)41-23-3-1-2-20(10-23)18-40-27/h1-3,10-15,19,26-27H,4-9,16-18H2,(H,32,38)(H,35,37)/t26-,27+/m0/s1. The number of aromatic nitrogens is 2. The summed E-state index contributed by atoms with van der Waals surface area (Å²) in [5, 5.41) is 6.42. The fraction of sp³-hybridized carbons (Fsp3) is 0.400. The predicted molar refractivity (Wildman–Crippen MR) is 153 cm³/mol. The van der Waals surface area contributed by atoms with Crippen LogP contribution in [0.5, 0.6) is 17.2 Å². The molecule has 1 saturated heterocycles. The van der Waals surface area contributed by atoms with Crippen LogP contribution in [0.4, 0.5) is 5.95 Å². The van der Waals surface area contributed by atoms with Crippen LogP contribution in [0, 0.1) is 5.92 Å². The van der Waals surface area contributed by atoms with Crippen molar-refractivity contribution in [2.45, 2.75) is 44.4 Å². The van der Waals surface area contributed by atoms with E-state index < -0.39 is 0 Å². The molecule has 2 N–H and O–H groups in total. The Morgan fingerprint density at radius 1 is 1.05 bits per heavy atom. The van der Waals surface area contributed by atoms with E-state index in [1.807, 2.05) is 29.2 Å². The van der Waals surface area contributed by atoms with Crippen LogP contribution in [-0.4, -0.2) is 60.2 Å². The summed E-state index contributed by atoms with van der Waals surface area (Å²) in [6.07, 6.45) is 6.00. The van der Waals surface area contributed by atoms with Gasteiger partial charge >= 0.3 is 0 Å². The fourth-order valence-corrected chi connectivity index (χ4v) is 5.07. The van der Waals surface area contributed by atoms with E-state index >= 15 is 0 Å². The van der Waals surface area contributed by atoms with E-state index in [0.29, 0.717) is 72.4 Å². The molecule has 11 heteroatoms. The van der Waals surface area contributed by atoms with E-state index in [-0.39, 0.29) is 36.9 Å². The Bertz CT molecular complexity index is 1400. The van der Waals surface area contributed by atoms with Gasteiger partial charge in [-0.3, -0.25) is 9.59 Å². The molecule has 2 aromatic carbocycles. The van der Waals surface area contributed by atoms with Gasteiger partial charge in [-0.2, -0.15) is 0 Å². The minimum Gasteiger partial charge on any atom is -0.493 e. The molecule has 2 atom stereocenters. The first kappa shape index (κ1) is 27.3. The average molecular weight is 578 g/mol. The molecule has 0 radical (unpaired) electrons. The predicted octanol–water partition coefficient (Wildman–Crippen LogP) is 4.12. The van der Waals surface area contributed by atoms with Gasteiger partial charge in [0.1, 0.15) is 17.2 Å². The van der Waals surface area contributed by atoms with Crippen molar-refractivity contribution in [3.8, 4) is 17.2 Å². The Hall–Kier alpha value is -3.89. The van der Waals surface area contributed by atoms with Gasteiger partial charge in [-0.1, -0.05) is 23.7 Å². The normalized spacial score (nSPS) is 21.5. The van der Waals surface area contributed by atoms with Gasteiger partial charge in [0.2, 0.25) is 11.9 Å². The molecule has 3 aliphatic rings. The lowest BCUT2D eigenvalue weighted by atomic mass is 10.0. The molecule has 2 amide bonds. The summed E-state index contributed by atoms with van der Waals surface area (Å²) in [5.74, 6) is 2.33. The molecule has 10 nitrogen and oxygen atoms in total. The van der Waals surface area contributed by atoms with Crippen molar-refractivity contribution in [2.24, 2.45) is 5.92 Å². The lowest BCUT2D eigenvalue weighted by Crippen LogP contribution is -2.56. The molecule has 1 aromatic heterocycles. The van der Waals surface area contributed by atoms with Crippen LogP contribution < -0.4 is 25.0 Å². The Balaban J connectivity index is 1.22. The van der Waals surface area contributed by atoms with Gasteiger partial charge in [0.15, 0.2) is 0 Å². The van der Waals surface area contributed by atoms with Crippen LogP contribution in [0.15, 0.2) is 54.9 Å². The number of piperidine rings is 1. The van der Waals surface area contributed by atoms with Crippen LogP contribution in [-0.2, 0) is 16.1 Å². The number of ether oxygens (including phenoxy) is 3. The summed E-state index contributed by atoms with van der Waals surface area (Å²) in [4.78, 5) is 36.7. The summed E-state index contributed by atoms with van der Waals surface area (Å²) in [7, 11) is 0. The third kappa shape index (κ3) is 7.25. The first-order chi connectivity index (χ1) is 20.0. The molecular formula is C30H32ClN5O5. The van der Waals surface area contributed by atoms with Crippen molar-refractivity contribution in [3.05, 3.63) is 71.0 Å². The van der Waals surface area contributed by atoms with Gasteiger partial charge < -0.3 is 29.7 Å². The number of hydrogen-bond donors (Lipinski definition) is 2. The van der Waals surface area contributed by atoms with Crippen LogP contribution >= 0.6 is 11.6 Å². The summed E-state index contributed by atoms with van der Waals surface area (Å²) >= 11 is 5.97. The zero-order chi connectivity index (χ0) is 28.2. The zero-order valence-corrected chi connectivity index (χ0v) is 23.3. The highest BCUT2D eigenvalue weighted by atomic mass is 35.5. The number of nitrogens with one attached hydrogen (secondary N) is 2. The number of anilines is 1. The van der Waals surface area contributed by atoms with Gasteiger partial charge in [-0.15, -0.1) is 0 Å². The van der Waals surface area contributed by atoms with Gasteiger partial charge in [0, 0.05) is 37.7 Å². The number of nitrogens with zero attached hydrogens (tertiary/aromatic N) is 3. The minimum atomic E-state index is -0.303. The van der Waals surface area contributed by atoms with Crippen molar-refractivity contribution >= 4 is 29.4 Å². The second kappa shape index (κ2) is 12.3. The molecule has 0 spiro atoms.